The van der Waals surface area contributed by atoms with Crippen molar-refractivity contribution in [2.24, 2.45) is 17.4 Å². The molecular weight excluding hydrogens is 178 g/mol. The Bertz CT molecular complexity index is 238. The summed E-state index contributed by atoms with van der Waals surface area (Å²) in [5, 5.41) is 13.6. The molecule has 0 saturated heterocycles. The molecule has 0 radical (unpaired) electrons. The van der Waals surface area contributed by atoms with Crippen LogP contribution in [0.5, 0.6) is 0 Å². The number of hydrogen-bond acceptors (Lipinski definition) is 4. The fraction of sp³-hybridized carbons (Fsp3) is 0.500. The van der Waals surface area contributed by atoms with Gasteiger partial charge in [0.25, 0.3) is 5.09 Å². The smallest absolute Gasteiger partial charge is 0.291 e. The van der Waals surface area contributed by atoms with Gasteiger partial charge in [-0.15, -0.1) is 16.7 Å². The lowest BCUT2D eigenvalue weighted by Gasteiger charge is -2.01. The number of hydrogen-bond donors (Lipinski definition) is 3. The van der Waals surface area contributed by atoms with Crippen molar-refractivity contribution in [3.8, 4) is 0 Å². The van der Waals surface area contributed by atoms with Gasteiger partial charge in [0.05, 0.1) is 0 Å². The molecule has 7 heteroatoms. The van der Waals surface area contributed by atoms with E-state index in [1.54, 1.807) is 6.08 Å². The summed E-state index contributed by atoms with van der Waals surface area (Å²) in [5.41, 5.74) is 9.72. The van der Waals surface area contributed by atoms with Crippen molar-refractivity contribution in [2.45, 2.75) is 12.0 Å². The van der Waals surface area contributed by atoms with Gasteiger partial charge in [-0.05, 0) is 6.42 Å². The third-order valence-electron chi connectivity index (χ3n) is 1.80. The van der Waals surface area contributed by atoms with Crippen LogP contribution in [0.3, 0.4) is 0 Å². The summed E-state index contributed by atoms with van der Waals surface area (Å²) in [6.07, 6.45) is 2.33. The van der Waals surface area contributed by atoms with Crippen LogP contribution in [-0.2, 0) is 4.79 Å². The van der Waals surface area contributed by atoms with Crippen LogP contribution in [-0.4, -0.2) is 21.7 Å². The number of carbonyl (C=O) groups excluding carboxylic acids is 1. The standard InChI is InChI=1S/C6H10N2O.HNO3/c1-2-4-3-6(4,8)5(7)9;2-1(3)4/h2,4H,1,3,8H2,(H2,7,9);(H,2,3,4). The summed E-state index contributed by atoms with van der Waals surface area (Å²) in [6.45, 7) is 3.51. The number of nitrogens with zero attached hydrogens (tertiary/aromatic N) is 1. The molecule has 2 unspecified atom stereocenters. The SMILES string of the molecule is C=CC1CC1(N)C(N)=O.O=[N+]([O-])O. The van der Waals surface area contributed by atoms with Crippen LogP contribution in [0.25, 0.3) is 0 Å². The van der Waals surface area contributed by atoms with Gasteiger partial charge in [-0.3, -0.25) is 4.79 Å². The first-order valence-electron chi connectivity index (χ1n) is 3.39. The third-order valence-corrected chi connectivity index (χ3v) is 1.80. The second kappa shape index (κ2) is 3.85. The fourth-order valence-electron chi connectivity index (χ4n) is 0.882. The van der Waals surface area contributed by atoms with E-state index in [-0.39, 0.29) is 5.92 Å². The van der Waals surface area contributed by atoms with Gasteiger partial charge in [0.15, 0.2) is 0 Å². The average Bonchev–Trinajstić information content (AvgIpc) is 2.62. The second-order valence-corrected chi connectivity index (χ2v) is 2.69. The maximum absolute atomic E-state index is 10.5. The van der Waals surface area contributed by atoms with E-state index in [9.17, 15) is 4.79 Å². The monoisotopic (exact) mass is 189 g/mol. The van der Waals surface area contributed by atoms with E-state index < -0.39 is 16.5 Å². The Hall–Kier alpha value is -1.63. The number of primary amides is 1. The van der Waals surface area contributed by atoms with Gasteiger partial charge in [-0.25, -0.2) is 0 Å². The molecule has 0 aliphatic heterocycles. The zero-order valence-corrected chi connectivity index (χ0v) is 6.84. The van der Waals surface area contributed by atoms with Crippen molar-refractivity contribution in [3.05, 3.63) is 22.8 Å². The number of carbonyl (C=O) groups is 1. The molecule has 74 valence electrons. The number of amides is 1. The first-order valence-corrected chi connectivity index (χ1v) is 3.39. The van der Waals surface area contributed by atoms with Gasteiger partial charge in [0.1, 0.15) is 5.54 Å². The van der Waals surface area contributed by atoms with Gasteiger partial charge in [-0.2, -0.15) is 0 Å². The molecule has 1 aliphatic rings. The molecule has 5 N–H and O–H groups in total. The highest BCUT2D eigenvalue weighted by molar-refractivity contribution is 5.88. The third kappa shape index (κ3) is 3.08. The van der Waals surface area contributed by atoms with Crippen molar-refractivity contribution in [1.29, 1.82) is 0 Å². The van der Waals surface area contributed by atoms with Gasteiger partial charge < -0.3 is 16.7 Å². The van der Waals surface area contributed by atoms with Crippen LogP contribution in [0.2, 0.25) is 0 Å². The minimum Gasteiger partial charge on any atom is -0.368 e. The topological polar surface area (TPSA) is 132 Å². The first kappa shape index (κ1) is 11.4. The summed E-state index contributed by atoms with van der Waals surface area (Å²) in [4.78, 5) is 18.9. The molecule has 1 rings (SSSR count). The summed E-state index contributed by atoms with van der Waals surface area (Å²) < 4.78 is 0. The van der Waals surface area contributed by atoms with Gasteiger partial charge in [0, 0.05) is 5.92 Å². The molecule has 0 bridgehead atoms. The van der Waals surface area contributed by atoms with Crippen LogP contribution in [0.1, 0.15) is 6.42 Å². The van der Waals surface area contributed by atoms with Crippen LogP contribution >= 0.6 is 0 Å². The predicted molar refractivity (Wildman–Crippen MR) is 43.2 cm³/mol. The van der Waals surface area contributed by atoms with E-state index in [0.29, 0.717) is 6.42 Å². The quantitative estimate of drug-likeness (QED) is 0.292. The van der Waals surface area contributed by atoms with E-state index in [4.69, 9.17) is 26.8 Å². The van der Waals surface area contributed by atoms with Crippen molar-refractivity contribution >= 4 is 5.91 Å². The largest absolute Gasteiger partial charge is 0.368 e. The highest BCUT2D eigenvalue weighted by Crippen LogP contribution is 2.41. The fourth-order valence-corrected chi connectivity index (χ4v) is 0.882. The molecule has 1 saturated carbocycles. The highest BCUT2D eigenvalue weighted by atomic mass is 16.9. The Morgan fingerprint density at radius 1 is 1.85 bits per heavy atom. The summed E-state index contributed by atoms with van der Waals surface area (Å²) in [5.74, 6) is -0.317. The van der Waals surface area contributed by atoms with Crippen LogP contribution in [0.15, 0.2) is 12.7 Å². The Kier molecular flexibility index (Phi) is 3.37. The van der Waals surface area contributed by atoms with Crippen molar-refractivity contribution in [2.75, 3.05) is 0 Å². The van der Waals surface area contributed by atoms with Crippen molar-refractivity contribution in [1.82, 2.24) is 0 Å². The molecule has 1 amide bonds. The Morgan fingerprint density at radius 2 is 2.23 bits per heavy atom. The summed E-state index contributed by atoms with van der Waals surface area (Å²) in [7, 11) is 0. The minimum atomic E-state index is -1.50. The second-order valence-electron chi connectivity index (χ2n) is 2.69. The molecule has 0 aromatic heterocycles. The Labute approximate surface area is 74.1 Å². The lowest BCUT2D eigenvalue weighted by molar-refractivity contribution is -0.742. The van der Waals surface area contributed by atoms with Crippen molar-refractivity contribution in [3.63, 3.8) is 0 Å². The molecular formula is C6H11N3O4. The first-order chi connectivity index (χ1) is 5.84. The number of rotatable bonds is 2. The summed E-state index contributed by atoms with van der Waals surface area (Å²) in [6, 6.07) is 0. The lowest BCUT2D eigenvalue weighted by Crippen LogP contribution is -2.40. The van der Waals surface area contributed by atoms with E-state index in [1.165, 1.54) is 0 Å². The molecule has 13 heavy (non-hydrogen) atoms. The molecule has 0 aromatic rings. The van der Waals surface area contributed by atoms with E-state index in [0.717, 1.165) is 0 Å². The zero-order valence-electron chi connectivity index (χ0n) is 6.84. The molecule has 0 spiro atoms. The van der Waals surface area contributed by atoms with Gasteiger partial charge in [0.2, 0.25) is 5.91 Å². The molecule has 2 atom stereocenters. The van der Waals surface area contributed by atoms with Crippen molar-refractivity contribution < 1.29 is 15.1 Å². The molecule has 7 nitrogen and oxygen atoms in total. The molecule has 0 heterocycles. The minimum absolute atomic E-state index is 0.106. The molecule has 1 aliphatic carbocycles. The maximum atomic E-state index is 10.5. The van der Waals surface area contributed by atoms with Gasteiger partial charge in [-0.1, -0.05) is 6.08 Å². The number of nitrogens with two attached hydrogens (primary N) is 2. The van der Waals surface area contributed by atoms with E-state index >= 15 is 0 Å². The average molecular weight is 189 g/mol. The lowest BCUT2D eigenvalue weighted by atomic mass is 10.2. The normalized spacial score (nSPS) is 29.5. The Balaban J connectivity index is 0.000000310. The van der Waals surface area contributed by atoms with Crippen LogP contribution in [0, 0.1) is 16.0 Å². The maximum Gasteiger partial charge on any atom is 0.291 e. The molecule has 1 fully saturated rings. The van der Waals surface area contributed by atoms with E-state index in [2.05, 4.69) is 6.58 Å². The zero-order chi connectivity index (χ0) is 10.6. The highest BCUT2D eigenvalue weighted by Gasteiger charge is 2.54. The van der Waals surface area contributed by atoms with E-state index in [1.807, 2.05) is 0 Å². The van der Waals surface area contributed by atoms with Crippen LogP contribution < -0.4 is 11.5 Å². The summed E-state index contributed by atoms with van der Waals surface area (Å²) >= 11 is 0. The molecule has 0 aromatic carbocycles. The van der Waals surface area contributed by atoms with Gasteiger partial charge >= 0.3 is 0 Å². The Morgan fingerprint density at radius 3 is 2.31 bits per heavy atom. The van der Waals surface area contributed by atoms with Crippen LogP contribution in [0.4, 0.5) is 0 Å². The predicted octanol–water partition coefficient (Wildman–Crippen LogP) is -0.973.